The largest absolute Gasteiger partial charge is 0.344 e. The Morgan fingerprint density at radius 1 is 1.45 bits per heavy atom. The molecule has 2 unspecified atom stereocenters. The first-order chi connectivity index (χ1) is 9.23. The lowest BCUT2D eigenvalue weighted by atomic mass is 9.87. The summed E-state index contributed by atoms with van der Waals surface area (Å²) in [7, 11) is 1.91. The third-order valence-electron chi connectivity index (χ3n) is 4.13. The molecule has 4 nitrogen and oxygen atoms in total. The molecule has 1 fully saturated rings. The SMILES string of the molecule is CCN1CCCC1CN(C)C(=O)CC(N)CC(C)(C)C. The fraction of sp³-hybridized carbons (Fsp3) is 0.938. The molecule has 0 aromatic carbocycles. The van der Waals surface area contributed by atoms with E-state index in [1.165, 1.54) is 19.4 Å². The molecule has 0 bridgehead atoms. The van der Waals surface area contributed by atoms with Crippen LogP contribution in [0.4, 0.5) is 0 Å². The van der Waals surface area contributed by atoms with Crippen LogP contribution in [0.25, 0.3) is 0 Å². The Morgan fingerprint density at radius 2 is 2.10 bits per heavy atom. The van der Waals surface area contributed by atoms with E-state index in [9.17, 15) is 4.79 Å². The summed E-state index contributed by atoms with van der Waals surface area (Å²) in [4.78, 5) is 16.6. The van der Waals surface area contributed by atoms with E-state index in [2.05, 4.69) is 32.6 Å². The van der Waals surface area contributed by atoms with E-state index >= 15 is 0 Å². The molecule has 1 saturated heterocycles. The zero-order valence-electron chi connectivity index (χ0n) is 14.0. The van der Waals surface area contributed by atoms with Gasteiger partial charge in [-0.1, -0.05) is 27.7 Å². The fourth-order valence-electron chi connectivity index (χ4n) is 3.18. The van der Waals surface area contributed by atoms with Crippen LogP contribution in [0, 0.1) is 5.41 Å². The van der Waals surface area contributed by atoms with E-state index in [4.69, 9.17) is 5.73 Å². The molecule has 1 rings (SSSR count). The van der Waals surface area contributed by atoms with Crippen molar-refractivity contribution in [1.29, 1.82) is 0 Å². The number of amides is 1. The van der Waals surface area contributed by atoms with Gasteiger partial charge in [0.2, 0.25) is 5.91 Å². The number of rotatable bonds is 6. The number of carbonyl (C=O) groups excluding carboxylic acids is 1. The number of hydrogen-bond acceptors (Lipinski definition) is 3. The van der Waals surface area contributed by atoms with Crippen molar-refractivity contribution < 1.29 is 4.79 Å². The van der Waals surface area contributed by atoms with E-state index < -0.39 is 0 Å². The Kier molecular flexibility index (Phi) is 6.46. The molecule has 2 N–H and O–H groups in total. The van der Waals surface area contributed by atoms with E-state index in [1.807, 2.05) is 11.9 Å². The van der Waals surface area contributed by atoms with Gasteiger partial charge in [-0.3, -0.25) is 9.69 Å². The van der Waals surface area contributed by atoms with Gasteiger partial charge in [0.25, 0.3) is 0 Å². The summed E-state index contributed by atoms with van der Waals surface area (Å²) in [5.41, 5.74) is 6.29. The zero-order chi connectivity index (χ0) is 15.3. The van der Waals surface area contributed by atoms with Crippen LogP contribution in [0.1, 0.15) is 53.4 Å². The van der Waals surface area contributed by atoms with Gasteiger partial charge in [0, 0.05) is 32.1 Å². The Balaban J connectivity index is 2.39. The van der Waals surface area contributed by atoms with Gasteiger partial charge in [-0.05, 0) is 37.8 Å². The number of nitrogens with zero attached hydrogens (tertiary/aromatic N) is 2. The van der Waals surface area contributed by atoms with Crippen molar-refractivity contribution in [1.82, 2.24) is 9.80 Å². The van der Waals surface area contributed by atoms with Crippen LogP contribution in [-0.2, 0) is 4.79 Å². The van der Waals surface area contributed by atoms with Crippen molar-refractivity contribution in [3.63, 3.8) is 0 Å². The molecule has 4 heteroatoms. The summed E-state index contributed by atoms with van der Waals surface area (Å²) in [6.45, 7) is 11.8. The van der Waals surface area contributed by atoms with Gasteiger partial charge in [0.1, 0.15) is 0 Å². The number of hydrogen-bond donors (Lipinski definition) is 1. The molecule has 0 saturated carbocycles. The van der Waals surface area contributed by atoms with Crippen molar-refractivity contribution in [3.8, 4) is 0 Å². The van der Waals surface area contributed by atoms with Gasteiger partial charge in [0.05, 0.1) is 0 Å². The summed E-state index contributed by atoms with van der Waals surface area (Å²) in [6, 6.07) is 0.503. The third kappa shape index (κ3) is 5.80. The van der Waals surface area contributed by atoms with Crippen LogP contribution in [0.15, 0.2) is 0 Å². The van der Waals surface area contributed by atoms with Gasteiger partial charge >= 0.3 is 0 Å². The topological polar surface area (TPSA) is 49.6 Å². The molecule has 0 radical (unpaired) electrons. The summed E-state index contributed by atoms with van der Waals surface area (Å²) in [5, 5.41) is 0. The van der Waals surface area contributed by atoms with E-state index in [0.717, 1.165) is 19.5 Å². The fourth-order valence-corrected chi connectivity index (χ4v) is 3.18. The Bertz CT molecular complexity index is 311. The Hall–Kier alpha value is -0.610. The summed E-state index contributed by atoms with van der Waals surface area (Å²) < 4.78 is 0. The van der Waals surface area contributed by atoms with Crippen LogP contribution < -0.4 is 5.73 Å². The van der Waals surface area contributed by atoms with Crippen molar-refractivity contribution in [2.75, 3.05) is 26.7 Å². The standard InChI is InChI=1S/C16H33N3O/c1-6-19-9-7-8-14(19)12-18(5)15(20)10-13(17)11-16(2,3)4/h13-14H,6-12,17H2,1-5H3. The summed E-state index contributed by atoms with van der Waals surface area (Å²) in [6.07, 6.45) is 3.81. The van der Waals surface area contributed by atoms with Gasteiger partial charge in [0.15, 0.2) is 0 Å². The molecule has 0 spiro atoms. The Morgan fingerprint density at radius 3 is 2.65 bits per heavy atom. The normalized spacial score (nSPS) is 22.0. The molecule has 1 heterocycles. The minimum Gasteiger partial charge on any atom is -0.344 e. The average molecular weight is 283 g/mol. The first kappa shape index (κ1) is 17.4. The molecule has 0 aliphatic carbocycles. The van der Waals surface area contributed by atoms with Gasteiger partial charge in [-0.15, -0.1) is 0 Å². The first-order valence-corrected chi connectivity index (χ1v) is 7.96. The van der Waals surface area contributed by atoms with Crippen LogP contribution in [-0.4, -0.2) is 54.5 Å². The molecule has 118 valence electrons. The average Bonchev–Trinajstić information content (AvgIpc) is 2.73. The lowest BCUT2D eigenvalue weighted by Crippen LogP contribution is -2.43. The summed E-state index contributed by atoms with van der Waals surface area (Å²) in [5.74, 6) is 0.185. The molecular formula is C16H33N3O. The number of likely N-dealkylation sites (N-methyl/N-ethyl adjacent to an activating group) is 2. The predicted octanol–water partition coefficient (Wildman–Crippen LogP) is 2.08. The van der Waals surface area contributed by atoms with E-state index in [0.29, 0.717) is 12.5 Å². The van der Waals surface area contributed by atoms with Crippen LogP contribution in [0.2, 0.25) is 0 Å². The monoisotopic (exact) mass is 283 g/mol. The number of nitrogens with two attached hydrogens (primary N) is 1. The number of likely N-dealkylation sites (tertiary alicyclic amines) is 1. The summed E-state index contributed by atoms with van der Waals surface area (Å²) >= 11 is 0. The van der Waals surface area contributed by atoms with Crippen LogP contribution in [0.3, 0.4) is 0 Å². The lowest BCUT2D eigenvalue weighted by molar-refractivity contribution is -0.131. The minimum absolute atomic E-state index is 0.0317. The molecule has 2 atom stereocenters. The highest BCUT2D eigenvalue weighted by Crippen LogP contribution is 2.22. The van der Waals surface area contributed by atoms with Crippen LogP contribution >= 0.6 is 0 Å². The van der Waals surface area contributed by atoms with Gasteiger partial charge in [-0.25, -0.2) is 0 Å². The highest BCUT2D eigenvalue weighted by Gasteiger charge is 2.26. The maximum absolute atomic E-state index is 12.2. The second kappa shape index (κ2) is 7.41. The highest BCUT2D eigenvalue weighted by molar-refractivity contribution is 5.76. The van der Waals surface area contributed by atoms with E-state index in [-0.39, 0.29) is 17.4 Å². The zero-order valence-corrected chi connectivity index (χ0v) is 14.0. The quantitative estimate of drug-likeness (QED) is 0.812. The number of carbonyl (C=O) groups is 1. The molecule has 1 aliphatic heterocycles. The van der Waals surface area contributed by atoms with Gasteiger partial charge < -0.3 is 10.6 Å². The maximum atomic E-state index is 12.2. The van der Waals surface area contributed by atoms with Gasteiger partial charge in [-0.2, -0.15) is 0 Å². The molecule has 0 aromatic heterocycles. The molecule has 1 aliphatic rings. The maximum Gasteiger partial charge on any atom is 0.223 e. The lowest BCUT2D eigenvalue weighted by Gasteiger charge is -2.29. The van der Waals surface area contributed by atoms with Crippen LogP contribution in [0.5, 0.6) is 0 Å². The molecule has 0 aromatic rings. The van der Waals surface area contributed by atoms with Crippen molar-refractivity contribution >= 4 is 5.91 Å². The molecule has 1 amide bonds. The first-order valence-electron chi connectivity index (χ1n) is 7.96. The smallest absolute Gasteiger partial charge is 0.223 e. The molecule has 20 heavy (non-hydrogen) atoms. The second-order valence-corrected chi connectivity index (χ2v) is 7.43. The van der Waals surface area contributed by atoms with Crippen molar-refractivity contribution in [3.05, 3.63) is 0 Å². The van der Waals surface area contributed by atoms with Crippen molar-refractivity contribution in [2.24, 2.45) is 11.1 Å². The third-order valence-corrected chi connectivity index (χ3v) is 4.13. The molecular weight excluding hydrogens is 250 g/mol. The van der Waals surface area contributed by atoms with Crippen molar-refractivity contribution in [2.45, 2.75) is 65.5 Å². The predicted molar refractivity (Wildman–Crippen MR) is 84.6 cm³/mol. The van der Waals surface area contributed by atoms with E-state index in [1.54, 1.807) is 0 Å². The minimum atomic E-state index is -0.0317. The highest BCUT2D eigenvalue weighted by atomic mass is 16.2. The second-order valence-electron chi connectivity index (χ2n) is 7.43. The Labute approximate surface area is 124 Å².